The summed E-state index contributed by atoms with van der Waals surface area (Å²) in [5, 5.41) is 8.49. The minimum atomic E-state index is -0.357. The first-order valence-corrected chi connectivity index (χ1v) is 6.64. The summed E-state index contributed by atoms with van der Waals surface area (Å²) < 4.78 is 16.0. The van der Waals surface area contributed by atoms with Crippen LogP contribution in [0.3, 0.4) is 0 Å². The topological polar surface area (TPSA) is 78.4 Å². The predicted octanol–water partition coefficient (Wildman–Crippen LogP) is 2.63. The molecule has 0 bridgehead atoms. The molecular weight excluding hydrogens is 272 g/mol. The fourth-order valence-electron chi connectivity index (χ4n) is 2.13. The number of ether oxygens (including phenoxy) is 1. The van der Waals surface area contributed by atoms with Crippen molar-refractivity contribution in [2.75, 3.05) is 0 Å². The minimum absolute atomic E-state index is 0.171. The second-order valence-electron chi connectivity index (χ2n) is 4.61. The molecule has 3 rings (SSSR count). The smallest absolute Gasteiger partial charge is 0.336 e. The molecule has 2 heterocycles. The van der Waals surface area contributed by atoms with Crippen LogP contribution in [-0.2, 0) is 13.0 Å². The Balaban J connectivity index is 1.88. The summed E-state index contributed by atoms with van der Waals surface area (Å²) in [6.07, 6.45) is 0.767. The van der Waals surface area contributed by atoms with E-state index < -0.39 is 0 Å². The van der Waals surface area contributed by atoms with E-state index >= 15 is 0 Å². The molecular formula is C15H14N2O4. The van der Waals surface area contributed by atoms with Crippen molar-refractivity contribution in [3.63, 3.8) is 0 Å². The van der Waals surface area contributed by atoms with Gasteiger partial charge in [0.1, 0.15) is 11.3 Å². The minimum Gasteiger partial charge on any atom is -0.484 e. The van der Waals surface area contributed by atoms with E-state index in [2.05, 4.69) is 10.2 Å². The summed E-state index contributed by atoms with van der Waals surface area (Å²) in [5.41, 5.74) is 1.11. The summed E-state index contributed by atoms with van der Waals surface area (Å²) in [6.45, 7) is 3.88. The third kappa shape index (κ3) is 2.79. The predicted molar refractivity (Wildman–Crippen MR) is 75.2 cm³/mol. The van der Waals surface area contributed by atoms with Crippen LogP contribution in [0, 0.1) is 6.92 Å². The standard InChI is InChI=1S/C15H14N2O4/c1-3-10-6-15(18)21-13-7-11(4-5-12(10)13)19-8-14-17-16-9(2)20-14/h4-7H,3,8H2,1-2H3. The first-order valence-electron chi connectivity index (χ1n) is 6.64. The molecule has 108 valence electrons. The van der Waals surface area contributed by atoms with Gasteiger partial charge in [0.15, 0.2) is 6.61 Å². The molecule has 0 fully saturated rings. The van der Waals surface area contributed by atoms with Gasteiger partial charge in [-0.1, -0.05) is 6.92 Å². The molecule has 21 heavy (non-hydrogen) atoms. The van der Waals surface area contributed by atoms with E-state index in [-0.39, 0.29) is 12.2 Å². The van der Waals surface area contributed by atoms with Crippen molar-refractivity contribution >= 4 is 11.0 Å². The summed E-state index contributed by atoms with van der Waals surface area (Å²) in [7, 11) is 0. The molecule has 0 aliphatic rings. The third-order valence-corrected chi connectivity index (χ3v) is 3.11. The second kappa shape index (κ2) is 5.40. The van der Waals surface area contributed by atoms with E-state index in [1.165, 1.54) is 6.07 Å². The molecule has 0 spiro atoms. The van der Waals surface area contributed by atoms with Gasteiger partial charge in [-0.15, -0.1) is 10.2 Å². The summed E-state index contributed by atoms with van der Waals surface area (Å²) >= 11 is 0. The van der Waals surface area contributed by atoms with Crippen molar-refractivity contribution in [2.24, 2.45) is 0 Å². The molecule has 0 amide bonds. The van der Waals surface area contributed by atoms with Gasteiger partial charge >= 0.3 is 5.63 Å². The van der Waals surface area contributed by atoms with Crippen LogP contribution in [0.4, 0.5) is 0 Å². The molecule has 6 heteroatoms. The van der Waals surface area contributed by atoms with Crippen LogP contribution in [0.2, 0.25) is 0 Å². The van der Waals surface area contributed by atoms with Crippen LogP contribution in [0.25, 0.3) is 11.0 Å². The Labute approximate surface area is 120 Å². The zero-order chi connectivity index (χ0) is 14.8. The van der Waals surface area contributed by atoms with Crippen LogP contribution in [0.1, 0.15) is 24.3 Å². The van der Waals surface area contributed by atoms with Crippen LogP contribution in [0.5, 0.6) is 5.75 Å². The van der Waals surface area contributed by atoms with Gasteiger partial charge in [0.2, 0.25) is 5.89 Å². The van der Waals surface area contributed by atoms with Crippen molar-refractivity contribution in [1.29, 1.82) is 0 Å². The third-order valence-electron chi connectivity index (χ3n) is 3.11. The number of rotatable bonds is 4. The molecule has 0 aliphatic carbocycles. The van der Waals surface area contributed by atoms with E-state index in [0.29, 0.717) is 23.1 Å². The first-order chi connectivity index (χ1) is 10.2. The molecule has 0 aliphatic heterocycles. The van der Waals surface area contributed by atoms with E-state index in [1.807, 2.05) is 19.1 Å². The van der Waals surface area contributed by atoms with Crippen molar-refractivity contribution in [3.8, 4) is 5.75 Å². The number of aryl methyl sites for hydroxylation is 2. The summed E-state index contributed by atoms with van der Waals surface area (Å²) in [6, 6.07) is 6.92. The molecule has 6 nitrogen and oxygen atoms in total. The molecule has 0 saturated carbocycles. The van der Waals surface area contributed by atoms with Crippen molar-refractivity contribution < 1.29 is 13.6 Å². The fourth-order valence-corrected chi connectivity index (χ4v) is 2.13. The highest BCUT2D eigenvalue weighted by Crippen LogP contribution is 2.23. The lowest BCUT2D eigenvalue weighted by Gasteiger charge is -2.06. The van der Waals surface area contributed by atoms with E-state index in [9.17, 15) is 4.79 Å². The molecule has 0 N–H and O–H groups in total. The highest BCUT2D eigenvalue weighted by molar-refractivity contribution is 5.81. The van der Waals surface area contributed by atoms with Crippen molar-refractivity contribution in [3.05, 3.63) is 52.0 Å². The largest absolute Gasteiger partial charge is 0.484 e. The van der Waals surface area contributed by atoms with Gasteiger partial charge in [0.25, 0.3) is 5.89 Å². The van der Waals surface area contributed by atoms with Crippen LogP contribution in [0.15, 0.2) is 37.9 Å². The van der Waals surface area contributed by atoms with E-state index in [1.54, 1.807) is 13.0 Å². The van der Waals surface area contributed by atoms with Gasteiger partial charge in [-0.25, -0.2) is 4.79 Å². The molecule has 0 saturated heterocycles. The SMILES string of the molecule is CCc1cc(=O)oc2cc(OCc3nnc(C)o3)ccc12. The normalized spacial score (nSPS) is 11.0. The van der Waals surface area contributed by atoms with E-state index in [0.717, 1.165) is 17.4 Å². The molecule has 1 aromatic carbocycles. The number of nitrogens with zero attached hydrogens (tertiary/aromatic N) is 2. The Hall–Kier alpha value is -2.63. The molecule has 0 atom stereocenters. The Morgan fingerprint density at radius 3 is 2.76 bits per heavy atom. The van der Waals surface area contributed by atoms with Crippen LogP contribution >= 0.6 is 0 Å². The lowest BCUT2D eigenvalue weighted by Crippen LogP contribution is -2.00. The lowest BCUT2D eigenvalue weighted by molar-refractivity contribution is 0.260. The van der Waals surface area contributed by atoms with Crippen molar-refractivity contribution in [1.82, 2.24) is 10.2 Å². The fraction of sp³-hybridized carbons (Fsp3) is 0.267. The van der Waals surface area contributed by atoms with Gasteiger partial charge in [-0.05, 0) is 24.1 Å². The monoisotopic (exact) mass is 286 g/mol. The Morgan fingerprint density at radius 2 is 2.05 bits per heavy atom. The Morgan fingerprint density at radius 1 is 1.19 bits per heavy atom. The van der Waals surface area contributed by atoms with Gasteiger partial charge in [-0.3, -0.25) is 0 Å². The van der Waals surface area contributed by atoms with Crippen molar-refractivity contribution in [2.45, 2.75) is 26.9 Å². The summed E-state index contributed by atoms with van der Waals surface area (Å²) in [4.78, 5) is 11.5. The Kier molecular flexibility index (Phi) is 3.43. The molecule has 0 unspecified atom stereocenters. The van der Waals surface area contributed by atoms with Gasteiger partial charge in [0.05, 0.1) is 0 Å². The Bertz CT molecular complexity index is 835. The average molecular weight is 286 g/mol. The highest BCUT2D eigenvalue weighted by atomic mass is 16.5. The number of benzene rings is 1. The number of hydrogen-bond donors (Lipinski definition) is 0. The van der Waals surface area contributed by atoms with E-state index in [4.69, 9.17) is 13.6 Å². The number of fused-ring (bicyclic) bond motifs is 1. The van der Waals surface area contributed by atoms with Gasteiger partial charge < -0.3 is 13.6 Å². The number of hydrogen-bond acceptors (Lipinski definition) is 6. The maximum absolute atomic E-state index is 11.5. The maximum Gasteiger partial charge on any atom is 0.336 e. The lowest BCUT2D eigenvalue weighted by atomic mass is 10.1. The van der Waals surface area contributed by atoms with Crippen LogP contribution < -0.4 is 10.4 Å². The summed E-state index contributed by atoms with van der Waals surface area (Å²) in [5.74, 6) is 1.47. The quantitative estimate of drug-likeness (QED) is 0.686. The number of aromatic nitrogens is 2. The second-order valence-corrected chi connectivity index (χ2v) is 4.61. The zero-order valence-corrected chi connectivity index (χ0v) is 11.8. The molecule has 0 radical (unpaired) electrons. The first kappa shape index (κ1) is 13.4. The van der Waals surface area contributed by atoms with Crippen LogP contribution in [-0.4, -0.2) is 10.2 Å². The molecule has 3 aromatic rings. The molecule has 2 aromatic heterocycles. The highest BCUT2D eigenvalue weighted by Gasteiger charge is 2.07. The average Bonchev–Trinajstić information content (AvgIpc) is 2.89. The van der Waals surface area contributed by atoms with Gasteiger partial charge in [0, 0.05) is 24.4 Å². The maximum atomic E-state index is 11.5. The zero-order valence-electron chi connectivity index (χ0n) is 11.8. The van der Waals surface area contributed by atoms with Gasteiger partial charge in [-0.2, -0.15) is 0 Å².